The standard InChI is InChI=1S/2C20H21FN2O.C2H2O4/c2*1-23(2)11-3-10-20(17-5-7-18(21)8-6-17)19-9-4-15(13-22)12-16(19)14-24-20;3-1(4)2(5)6/h2*4-9,12H,3,10-11,14H2,1-2H3;(H,3,4)(H,5,6)/t2*20-;/m00./s1. The zero-order valence-electron chi connectivity index (χ0n) is 30.8. The summed E-state index contributed by atoms with van der Waals surface area (Å²) >= 11 is 0. The minimum atomic E-state index is -1.82. The third-order valence-electron chi connectivity index (χ3n) is 9.36. The van der Waals surface area contributed by atoms with Crippen molar-refractivity contribution in [2.24, 2.45) is 0 Å². The number of hydrogen-bond donors (Lipinski definition) is 2. The van der Waals surface area contributed by atoms with Crippen LogP contribution < -0.4 is 0 Å². The molecule has 0 unspecified atom stereocenters. The largest absolute Gasteiger partial charge is 0.473 e. The van der Waals surface area contributed by atoms with Crippen LogP contribution in [0, 0.1) is 34.3 Å². The fourth-order valence-electron chi connectivity index (χ4n) is 6.82. The van der Waals surface area contributed by atoms with E-state index in [2.05, 4.69) is 21.9 Å². The van der Waals surface area contributed by atoms with Gasteiger partial charge in [-0.1, -0.05) is 36.4 Å². The normalized spacial score (nSPS) is 18.0. The molecule has 2 heterocycles. The minimum absolute atomic E-state index is 0.250. The van der Waals surface area contributed by atoms with E-state index in [1.807, 2.05) is 64.6 Å². The Morgan fingerprint density at radius 1 is 0.648 bits per heavy atom. The Bertz CT molecular complexity index is 1860. The first-order chi connectivity index (χ1) is 25.7. The second kappa shape index (κ2) is 18.5. The molecule has 12 heteroatoms. The zero-order chi connectivity index (χ0) is 39.5. The first-order valence-corrected chi connectivity index (χ1v) is 17.4. The van der Waals surface area contributed by atoms with E-state index in [9.17, 15) is 8.78 Å². The van der Waals surface area contributed by atoms with Crippen LogP contribution in [0.15, 0.2) is 84.9 Å². The predicted molar refractivity (Wildman–Crippen MR) is 197 cm³/mol. The van der Waals surface area contributed by atoms with Crippen molar-refractivity contribution < 1.29 is 38.1 Å². The van der Waals surface area contributed by atoms with Gasteiger partial charge < -0.3 is 29.5 Å². The molecule has 2 aliphatic rings. The van der Waals surface area contributed by atoms with E-state index in [0.29, 0.717) is 24.3 Å². The highest BCUT2D eigenvalue weighted by Gasteiger charge is 2.42. The van der Waals surface area contributed by atoms with Crippen molar-refractivity contribution in [2.75, 3.05) is 41.3 Å². The molecule has 0 radical (unpaired) electrons. The van der Waals surface area contributed by atoms with Crippen molar-refractivity contribution in [1.29, 1.82) is 10.5 Å². The molecule has 0 bridgehead atoms. The second-order valence-electron chi connectivity index (χ2n) is 13.6. The van der Waals surface area contributed by atoms with E-state index >= 15 is 0 Å². The molecule has 0 saturated carbocycles. The number of ether oxygens (including phenoxy) is 2. The highest BCUT2D eigenvalue weighted by Crippen LogP contribution is 2.47. The molecular formula is C42H44F2N4O6. The van der Waals surface area contributed by atoms with Gasteiger partial charge in [-0.3, -0.25) is 0 Å². The van der Waals surface area contributed by atoms with Crippen LogP contribution in [0.1, 0.15) is 70.2 Å². The van der Waals surface area contributed by atoms with E-state index in [1.165, 1.54) is 24.3 Å². The Morgan fingerprint density at radius 2 is 1.00 bits per heavy atom. The van der Waals surface area contributed by atoms with Gasteiger partial charge >= 0.3 is 11.9 Å². The lowest BCUT2D eigenvalue weighted by molar-refractivity contribution is -0.159. The fraction of sp³-hybridized carbons (Fsp3) is 0.333. The second-order valence-corrected chi connectivity index (χ2v) is 13.6. The number of carbonyl (C=O) groups is 2. The average Bonchev–Trinajstić information content (AvgIpc) is 3.71. The molecule has 4 aromatic carbocycles. The molecule has 0 aliphatic carbocycles. The van der Waals surface area contributed by atoms with E-state index in [0.717, 1.165) is 72.2 Å². The molecule has 0 aromatic heterocycles. The molecule has 6 rings (SSSR count). The predicted octanol–water partition coefficient (Wildman–Crippen LogP) is 6.78. The van der Waals surface area contributed by atoms with Crippen LogP contribution in [0.3, 0.4) is 0 Å². The summed E-state index contributed by atoms with van der Waals surface area (Å²) in [4.78, 5) is 22.5. The first-order valence-electron chi connectivity index (χ1n) is 17.4. The molecule has 0 fully saturated rings. The minimum Gasteiger partial charge on any atom is -0.473 e. The summed E-state index contributed by atoms with van der Waals surface area (Å²) in [6, 6.07) is 28.9. The van der Waals surface area contributed by atoms with Gasteiger partial charge in [0.15, 0.2) is 0 Å². The summed E-state index contributed by atoms with van der Waals surface area (Å²) in [7, 11) is 8.20. The Kier molecular flexibility index (Phi) is 14.1. The van der Waals surface area contributed by atoms with Gasteiger partial charge in [0.25, 0.3) is 0 Å². The van der Waals surface area contributed by atoms with Crippen LogP contribution in [0.4, 0.5) is 8.78 Å². The summed E-state index contributed by atoms with van der Waals surface area (Å²) in [5.74, 6) is -4.15. The Labute approximate surface area is 314 Å². The van der Waals surface area contributed by atoms with Gasteiger partial charge in [-0.05, 0) is 149 Å². The first kappa shape index (κ1) is 41.3. The molecule has 2 aliphatic heterocycles. The lowest BCUT2D eigenvalue weighted by Gasteiger charge is -2.31. The lowest BCUT2D eigenvalue weighted by atomic mass is 9.81. The van der Waals surface area contributed by atoms with Gasteiger partial charge in [0.2, 0.25) is 0 Å². The van der Waals surface area contributed by atoms with E-state index in [-0.39, 0.29) is 11.6 Å². The average molecular weight is 739 g/mol. The van der Waals surface area contributed by atoms with Crippen LogP contribution in [0.25, 0.3) is 0 Å². The Morgan fingerprint density at radius 3 is 1.30 bits per heavy atom. The summed E-state index contributed by atoms with van der Waals surface area (Å²) in [6.45, 7) is 2.87. The van der Waals surface area contributed by atoms with Gasteiger partial charge in [-0.2, -0.15) is 10.5 Å². The van der Waals surface area contributed by atoms with Crippen LogP contribution in [-0.4, -0.2) is 73.2 Å². The number of hydrogen-bond acceptors (Lipinski definition) is 8. The molecule has 0 saturated heterocycles. The molecule has 0 spiro atoms. The van der Waals surface area contributed by atoms with Crippen molar-refractivity contribution in [3.63, 3.8) is 0 Å². The van der Waals surface area contributed by atoms with Crippen molar-refractivity contribution in [3.05, 3.63) is 141 Å². The number of nitriles is 2. The summed E-state index contributed by atoms with van der Waals surface area (Å²) in [5, 5.41) is 33.0. The SMILES string of the molecule is CN(C)CCC[C@@]1(c2ccc(F)cc2)OCc2cc(C#N)ccc21.CN(C)CCC[C@@]1(c2ccc(F)cc2)OCc2cc(C#N)ccc21.O=C(O)C(=O)O. The van der Waals surface area contributed by atoms with Gasteiger partial charge in [-0.15, -0.1) is 0 Å². The van der Waals surface area contributed by atoms with Crippen LogP contribution >= 0.6 is 0 Å². The van der Waals surface area contributed by atoms with E-state index in [1.54, 1.807) is 24.3 Å². The van der Waals surface area contributed by atoms with Gasteiger partial charge in [-0.25, -0.2) is 18.4 Å². The maximum Gasteiger partial charge on any atom is 0.414 e. The van der Waals surface area contributed by atoms with Crippen LogP contribution in [0.2, 0.25) is 0 Å². The molecule has 2 atom stereocenters. The van der Waals surface area contributed by atoms with E-state index in [4.69, 9.17) is 39.8 Å². The number of halogens is 2. The number of carboxylic acid groups (broad SMARTS) is 2. The zero-order valence-corrected chi connectivity index (χ0v) is 30.8. The quantitative estimate of drug-likeness (QED) is 0.167. The van der Waals surface area contributed by atoms with Crippen LogP contribution in [-0.2, 0) is 43.5 Å². The molecule has 282 valence electrons. The third kappa shape index (κ3) is 9.92. The number of fused-ring (bicyclic) bond motifs is 2. The number of benzene rings is 4. The Hall–Kier alpha value is -5.50. The third-order valence-corrected chi connectivity index (χ3v) is 9.36. The van der Waals surface area contributed by atoms with Crippen LogP contribution in [0.5, 0.6) is 0 Å². The van der Waals surface area contributed by atoms with Crippen molar-refractivity contribution in [2.45, 2.75) is 50.1 Å². The van der Waals surface area contributed by atoms with Gasteiger partial charge in [0.05, 0.1) is 36.5 Å². The molecule has 10 nitrogen and oxygen atoms in total. The highest BCUT2D eigenvalue weighted by molar-refractivity contribution is 6.27. The molecule has 54 heavy (non-hydrogen) atoms. The number of nitrogens with zero attached hydrogens (tertiary/aromatic N) is 4. The van der Waals surface area contributed by atoms with Gasteiger partial charge in [0.1, 0.15) is 22.8 Å². The van der Waals surface area contributed by atoms with Crippen molar-refractivity contribution in [1.82, 2.24) is 9.80 Å². The molecule has 4 aromatic rings. The maximum atomic E-state index is 13.4. The van der Waals surface area contributed by atoms with Gasteiger partial charge in [0, 0.05) is 0 Å². The number of carboxylic acids is 2. The van der Waals surface area contributed by atoms with E-state index < -0.39 is 23.1 Å². The lowest BCUT2D eigenvalue weighted by Crippen LogP contribution is -2.28. The summed E-state index contributed by atoms with van der Waals surface area (Å²) in [5.41, 5.74) is 6.35. The van der Waals surface area contributed by atoms with Crippen molar-refractivity contribution in [3.8, 4) is 12.1 Å². The molecule has 2 N–H and O–H groups in total. The number of aliphatic carboxylic acids is 2. The summed E-state index contributed by atoms with van der Waals surface area (Å²) in [6.07, 6.45) is 3.55. The molecular weight excluding hydrogens is 694 g/mol. The Balaban J connectivity index is 0.000000209. The number of rotatable bonds is 10. The molecule has 0 amide bonds. The van der Waals surface area contributed by atoms with Crippen molar-refractivity contribution >= 4 is 11.9 Å². The fourth-order valence-corrected chi connectivity index (χ4v) is 6.82. The smallest absolute Gasteiger partial charge is 0.414 e. The highest BCUT2D eigenvalue weighted by atomic mass is 19.1. The maximum absolute atomic E-state index is 13.4. The topological polar surface area (TPSA) is 147 Å². The summed E-state index contributed by atoms with van der Waals surface area (Å²) < 4.78 is 39.3. The monoisotopic (exact) mass is 738 g/mol.